The Morgan fingerprint density at radius 3 is 2.48 bits per heavy atom. The van der Waals surface area contributed by atoms with E-state index in [4.69, 9.17) is 9.63 Å². The molecule has 0 radical (unpaired) electrons. The van der Waals surface area contributed by atoms with E-state index >= 15 is 0 Å². The first-order valence-electron chi connectivity index (χ1n) is 7.52. The lowest BCUT2D eigenvalue weighted by Gasteiger charge is -2.25. The van der Waals surface area contributed by atoms with Crippen LogP contribution in [-0.4, -0.2) is 44.6 Å². The number of nitrogens with zero attached hydrogens (tertiary/aromatic N) is 3. The van der Waals surface area contributed by atoms with Crippen LogP contribution in [0.15, 0.2) is 10.6 Å². The Kier molecular flexibility index (Phi) is 4.68. The molecule has 0 aliphatic heterocycles. The number of aromatic nitrogens is 2. The molecule has 0 saturated heterocycles. The van der Waals surface area contributed by atoms with Gasteiger partial charge in [-0.15, -0.1) is 0 Å². The minimum Gasteiger partial charge on any atom is -0.480 e. The van der Waals surface area contributed by atoms with Crippen LogP contribution in [-0.2, 0) is 4.79 Å². The molecule has 0 atom stereocenters. The van der Waals surface area contributed by atoms with Crippen LogP contribution in [0.5, 0.6) is 0 Å². The topological polar surface area (TPSA) is 96.5 Å². The van der Waals surface area contributed by atoms with Gasteiger partial charge in [-0.2, -0.15) is 0 Å². The van der Waals surface area contributed by atoms with Gasteiger partial charge < -0.3 is 14.5 Å². The van der Waals surface area contributed by atoms with Gasteiger partial charge in [0.2, 0.25) is 0 Å². The lowest BCUT2D eigenvalue weighted by atomic mass is 10.0. The Morgan fingerprint density at radius 2 is 1.96 bits per heavy atom. The molecule has 0 spiro atoms. The molecule has 1 amide bonds. The number of hydrogen-bond acceptors (Lipinski definition) is 5. The smallest absolute Gasteiger partial charge is 0.323 e. The lowest BCUT2D eigenvalue weighted by Crippen LogP contribution is -2.40. The average molecular weight is 319 g/mol. The predicted molar refractivity (Wildman–Crippen MR) is 84.4 cm³/mol. The van der Waals surface area contributed by atoms with E-state index in [2.05, 4.69) is 10.1 Å². The van der Waals surface area contributed by atoms with Gasteiger partial charge in [0.05, 0.1) is 16.6 Å². The standard InChI is InChI=1S/C16H21N3O4/c1-8(2)12-6-11(14-10(5)18-23-15(14)17-12)16(22)19(9(3)4)7-13(20)21/h6,8-9H,7H2,1-5H3,(H,20,21). The van der Waals surface area contributed by atoms with Crippen LogP contribution in [0.3, 0.4) is 0 Å². The second-order valence-corrected chi connectivity index (χ2v) is 6.12. The summed E-state index contributed by atoms with van der Waals surface area (Å²) in [5.74, 6) is -1.31. The number of carboxylic acid groups (broad SMARTS) is 1. The molecule has 0 bridgehead atoms. The molecule has 2 aromatic rings. The molecule has 2 rings (SSSR count). The molecular weight excluding hydrogens is 298 g/mol. The van der Waals surface area contributed by atoms with Crippen LogP contribution >= 0.6 is 0 Å². The molecule has 2 aromatic heterocycles. The van der Waals surface area contributed by atoms with E-state index in [9.17, 15) is 9.59 Å². The number of aryl methyl sites for hydroxylation is 1. The highest BCUT2D eigenvalue weighted by molar-refractivity contribution is 6.06. The molecule has 7 heteroatoms. The van der Waals surface area contributed by atoms with Gasteiger partial charge in [-0.3, -0.25) is 9.59 Å². The SMILES string of the molecule is Cc1noc2nc(C(C)C)cc(C(=O)N(CC(=O)O)C(C)C)c12. The molecule has 0 aromatic carbocycles. The normalized spacial score (nSPS) is 11.4. The summed E-state index contributed by atoms with van der Waals surface area (Å²) >= 11 is 0. The minimum absolute atomic E-state index is 0.100. The summed E-state index contributed by atoms with van der Waals surface area (Å²) in [6, 6.07) is 1.46. The fraction of sp³-hybridized carbons (Fsp3) is 0.500. The molecule has 0 aliphatic rings. The molecule has 23 heavy (non-hydrogen) atoms. The number of carbonyl (C=O) groups is 2. The van der Waals surface area contributed by atoms with Gasteiger partial charge in [0.25, 0.3) is 11.6 Å². The second kappa shape index (κ2) is 6.36. The third-order valence-corrected chi connectivity index (χ3v) is 3.65. The summed E-state index contributed by atoms with van der Waals surface area (Å²) in [6.07, 6.45) is 0. The maximum atomic E-state index is 12.9. The zero-order valence-corrected chi connectivity index (χ0v) is 14.0. The maximum Gasteiger partial charge on any atom is 0.323 e. The van der Waals surface area contributed by atoms with Gasteiger partial charge >= 0.3 is 5.97 Å². The van der Waals surface area contributed by atoms with Crippen molar-refractivity contribution in [1.29, 1.82) is 0 Å². The van der Waals surface area contributed by atoms with Crippen molar-refractivity contribution in [1.82, 2.24) is 15.0 Å². The van der Waals surface area contributed by atoms with Crippen molar-refractivity contribution in [2.45, 2.75) is 46.6 Å². The molecule has 124 valence electrons. The summed E-state index contributed by atoms with van der Waals surface area (Å²) < 4.78 is 5.20. The summed E-state index contributed by atoms with van der Waals surface area (Å²) in [7, 11) is 0. The molecule has 0 unspecified atom stereocenters. The number of rotatable bonds is 5. The largest absolute Gasteiger partial charge is 0.480 e. The van der Waals surface area contributed by atoms with E-state index in [1.54, 1.807) is 26.8 Å². The Hall–Kier alpha value is -2.44. The first-order chi connectivity index (χ1) is 10.7. The first-order valence-corrected chi connectivity index (χ1v) is 7.52. The highest BCUT2D eigenvalue weighted by Crippen LogP contribution is 2.26. The summed E-state index contributed by atoms with van der Waals surface area (Å²) in [5, 5.41) is 13.5. The van der Waals surface area contributed by atoms with Gasteiger partial charge in [-0.1, -0.05) is 19.0 Å². The number of pyridine rings is 1. The predicted octanol–water partition coefficient (Wildman–Crippen LogP) is 2.59. The highest BCUT2D eigenvalue weighted by Gasteiger charge is 2.26. The highest BCUT2D eigenvalue weighted by atomic mass is 16.5. The summed E-state index contributed by atoms with van der Waals surface area (Å²) in [6.45, 7) is 8.86. The number of carbonyl (C=O) groups excluding carboxylic acids is 1. The summed E-state index contributed by atoms with van der Waals surface area (Å²) in [5.41, 5.74) is 1.95. The second-order valence-electron chi connectivity index (χ2n) is 6.12. The van der Waals surface area contributed by atoms with E-state index in [1.807, 2.05) is 13.8 Å². The molecule has 0 saturated carbocycles. The number of amides is 1. The number of aliphatic carboxylic acids is 1. The number of hydrogen-bond donors (Lipinski definition) is 1. The van der Waals surface area contributed by atoms with E-state index in [-0.39, 0.29) is 24.4 Å². The van der Waals surface area contributed by atoms with Crippen LogP contribution < -0.4 is 0 Å². The van der Waals surface area contributed by atoms with Crippen molar-refractivity contribution >= 4 is 23.0 Å². The van der Waals surface area contributed by atoms with Gasteiger partial charge in [-0.25, -0.2) is 4.98 Å². The van der Waals surface area contributed by atoms with Gasteiger partial charge in [0.15, 0.2) is 0 Å². The Morgan fingerprint density at radius 1 is 1.30 bits per heavy atom. The van der Waals surface area contributed by atoms with Crippen molar-refractivity contribution in [3.63, 3.8) is 0 Å². The van der Waals surface area contributed by atoms with Crippen LogP contribution in [0.4, 0.5) is 0 Å². The van der Waals surface area contributed by atoms with Crippen molar-refractivity contribution < 1.29 is 19.2 Å². The maximum absolute atomic E-state index is 12.9. The van der Waals surface area contributed by atoms with Crippen LogP contribution in [0, 0.1) is 6.92 Å². The Bertz CT molecular complexity index is 749. The summed E-state index contributed by atoms with van der Waals surface area (Å²) in [4.78, 5) is 29.7. The van der Waals surface area contributed by atoms with E-state index in [0.717, 1.165) is 0 Å². The minimum atomic E-state index is -1.05. The third kappa shape index (κ3) is 3.33. The van der Waals surface area contributed by atoms with Crippen molar-refractivity contribution in [3.05, 3.63) is 23.0 Å². The van der Waals surface area contributed by atoms with Gasteiger partial charge in [-0.05, 0) is 32.8 Å². The average Bonchev–Trinajstić information content (AvgIpc) is 2.84. The quantitative estimate of drug-likeness (QED) is 0.910. The first kappa shape index (κ1) is 16.9. The van der Waals surface area contributed by atoms with Crippen molar-refractivity contribution in [2.75, 3.05) is 6.54 Å². The van der Waals surface area contributed by atoms with E-state index in [0.29, 0.717) is 28.1 Å². The van der Waals surface area contributed by atoms with Crippen LogP contribution in [0.2, 0.25) is 0 Å². The zero-order chi connectivity index (χ0) is 17.3. The van der Waals surface area contributed by atoms with Crippen LogP contribution in [0.25, 0.3) is 11.1 Å². The van der Waals surface area contributed by atoms with Crippen molar-refractivity contribution in [2.24, 2.45) is 0 Å². The monoisotopic (exact) mass is 319 g/mol. The molecule has 2 heterocycles. The van der Waals surface area contributed by atoms with Gasteiger partial charge in [0.1, 0.15) is 6.54 Å². The number of fused-ring (bicyclic) bond motifs is 1. The third-order valence-electron chi connectivity index (χ3n) is 3.65. The molecule has 7 nitrogen and oxygen atoms in total. The lowest BCUT2D eigenvalue weighted by molar-refractivity contribution is -0.138. The number of carboxylic acids is 1. The van der Waals surface area contributed by atoms with E-state index < -0.39 is 5.97 Å². The Balaban J connectivity index is 2.61. The van der Waals surface area contributed by atoms with E-state index in [1.165, 1.54) is 4.90 Å². The fourth-order valence-corrected chi connectivity index (χ4v) is 2.37. The van der Waals surface area contributed by atoms with Crippen LogP contribution in [0.1, 0.15) is 55.4 Å². The molecule has 0 fully saturated rings. The fourth-order valence-electron chi connectivity index (χ4n) is 2.37. The molecule has 0 aliphatic carbocycles. The molecular formula is C16H21N3O4. The van der Waals surface area contributed by atoms with Gasteiger partial charge in [0, 0.05) is 11.7 Å². The molecule has 1 N–H and O–H groups in total. The Labute approximate surface area is 134 Å². The van der Waals surface area contributed by atoms with Crippen molar-refractivity contribution in [3.8, 4) is 0 Å². The zero-order valence-electron chi connectivity index (χ0n) is 14.0.